The molecule has 90 valence electrons. The summed E-state index contributed by atoms with van der Waals surface area (Å²) in [6, 6.07) is 6.17. The Morgan fingerprint density at radius 1 is 1.38 bits per heavy atom. The van der Waals surface area contributed by atoms with Gasteiger partial charge in [-0.3, -0.25) is 0 Å². The van der Waals surface area contributed by atoms with Crippen molar-refractivity contribution < 1.29 is 13.5 Å². The van der Waals surface area contributed by atoms with E-state index in [0.717, 1.165) is 5.69 Å². The van der Waals surface area contributed by atoms with Gasteiger partial charge in [0.25, 0.3) is 0 Å². The quantitative estimate of drug-likeness (QED) is 0.704. The first-order valence-corrected chi connectivity index (χ1v) is 6.49. The molecule has 1 unspecified atom stereocenters. The lowest BCUT2D eigenvalue weighted by Gasteiger charge is -2.08. The predicted molar refractivity (Wildman–Crippen MR) is 62.6 cm³/mol. The number of primary sulfonamides is 1. The monoisotopic (exact) mass is 244 g/mol. The van der Waals surface area contributed by atoms with Gasteiger partial charge in [-0.1, -0.05) is 0 Å². The van der Waals surface area contributed by atoms with E-state index in [4.69, 9.17) is 10.2 Å². The Bertz CT molecular complexity index is 426. The van der Waals surface area contributed by atoms with Gasteiger partial charge < -0.3 is 10.4 Å². The summed E-state index contributed by atoms with van der Waals surface area (Å²) in [4.78, 5) is 0.0913. The minimum atomic E-state index is -3.62. The third kappa shape index (κ3) is 4.18. The lowest BCUT2D eigenvalue weighted by molar-refractivity contribution is 0.189. The Hall–Kier alpha value is -1.11. The lowest BCUT2D eigenvalue weighted by Crippen LogP contribution is -2.12. The number of benzene rings is 1. The van der Waals surface area contributed by atoms with E-state index >= 15 is 0 Å². The summed E-state index contributed by atoms with van der Waals surface area (Å²) in [6.45, 7) is 2.35. The number of rotatable bonds is 5. The molecule has 0 amide bonds. The van der Waals surface area contributed by atoms with E-state index in [9.17, 15) is 8.42 Å². The molecule has 0 aliphatic carbocycles. The summed E-state index contributed by atoms with van der Waals surface area (Å²) in [5, 5.41) is 17.1. The minimum absolute atomic E-state index is 0.0913. The number of hydrogen-bond acceptors (Lipinski definition) is 4. The molecule has 0 saturated heterocycles. The molecule has 0 aliphatic rings. The lowest BCUT2D eigenvalue weighted by atomic mass is 10.2. The summed E-state index contributed by atoms with van der Waals surface area (Å²) in [5.41, 5.74) is 0.799. The highest BCUT2D eigenvalue weighted by atomic mass is 32.2. The third-order valence-electron chi connectivity index (χ3n) is 2.07. The minimum Gasteiger partial charge on any atom is -0.393 e. The fourth-order valence-electron chi connectivity index (χ4n) is 1.19. The van der Waals surface area contributed by atoms with Crippen LogP contribution in [-0.2, 0) is 10.0 Å². The smallest absolute Gasteiger partial charge is 0.238 e. The van der Waals surface area contributed by atoms with Gasteiger partial charge in [-0.15, -0.1) is 0 Å². The molecule has 4 N–H and O–H groups in total. The summed E-state index contributed by atoms with van der Waals surface area (Å²) < 4.78 is 21.9. The second kappa shape index (κ2) is 5.29. The Kier molecular flexibility index (Phi) is 4.28. The van der Waals surface area contributed by atoms with E-state index in [2.05, 4.69) is 5.32 Å². The second-order valence-electron chi connectivity index (χ2n) is 3.63. The van der Waals surface area contributed by atoms with Crippen LogP contribution in [0.5, 0.6) is 0 Å². The first kappa shape index (κ1) is 13.0. The molecular weight excluding hydrogens is 228 g/mol. The van der Waals surface area contributed by atoms with Crippen molar-refractivity contribution in [1.29, 1.82) is 0 Å². The van der Waals surface area contributed by atoms with Gasteiger partial charge in [0, 0.05) is 12.2 Å². The molecule has 1 aromatic rings. The molecule has 0 aliphatic heterocycles. The van der Waals surface area contributed by atoms with E-state index in [-0.39, 0.29) is 11.0 Å². The van der Waals surface area contributed by atoms with Gasteiger partial charge in [0.15, 0.2) is 0 Å². The topological polar surface area (TPSA) is 92.4 Å². The zero-order chi connectivity index (χ0) is 12.2. The molecule has 0 fully saturated rings. The van der Waals surface area contributed by atoms with E-state index in [1.165, 1.54) is 12.1 Å². The van der Waals surface area contributed by atoms with Crippen molar-refractivity contribution in [2.45, 2.75) is 24.3 Å². The molecule has 16 heavy (non-hydrogen) atoms. The average molecular weight is 244 g/mol. The maximum Gasteiger partial charge on any atom is 0.238 e. The van der Waals surface area contributed by atoms with Crippen molar-refractivity contribution >= 4 is 15.7 Å². The number of aliphatic hydroxyl groups excluding tert-OH is 1. The number of nitrogens with one attached hydrogen (secondary N) is 1. The molecule has 0 radical (unpaired) electrons. The van der Waals surface area contributed by atoms with Crippen molar-refractivity contribution in [3.8, 4) is 0 Å². The van der Waals surface area contributed by atoms with E-state index in [1.807, 2.05) is 0 Å². The molecule has 0 aromatic heterocycles. The van der Waals surface area contributed by atoms with E-state index in [0.29, 0.717) is 13.0 Å². The van der Waals surface area contributed by atoms with E-state index in [1.54, 1.807) is 19.1 Å². The summed E-state index contributed by atoms with van der Waals surface area (Å²) in [7, 11) is -3.62. The first-order valence-electron chi connectivity index (χ1n) is 4.94. The Morgan fingerprint density at radius 2 is 1.94 bits per heavy atom. The van der Waals surface area contributed by atoms with Crippen molar-refractivity contribution in [2.24, 2.45) is 5.14 Å². The Morgan fingerprint density at radius 3 is 2.38 bits per heavy atom. The SMILES string of the molecule is CC(O)CCNc1ccc(S(N)(=O)=O)cc1. The fraction of sp³-hybridized carbons (Fsp3) is 0.400. The Labute approximate surface area is 95.3 Å². The molecular formula is C10H16N2O3S. The average Bonchev–Trinajstić information content (AvgIpc) is 2.16. The molecule has 0 bridgehead atoms. The third-order valence-corrected chi connectivity index (χ3v) is 3.00. The van der Waals surface area contributed by atoms with E-state index < -0.39 is 10.0 Å². The maximum absolute atomic E-state index is 11.0. The number of nitrogens with two attached hydrogens (primary N) is 1. The first-order chi connectivity index (χ1) is 7.39. The zero-order valence-corrected chi connectivity index (χ0v) is 9.87. The van der Waals surface area contributed by atoms with Gasteiger partial charge in [0.2, 0.25) is 10.0 Å². The van der Waals surface area contributed by atoms with Crippen molar-refractivity contribution in [3.05, 3.63) is 24.3 Å². The van der Waals surface area contributed by atoms with Gasteiger partial charge in [-0.2, -0.15) is 0 Å². The van der Waals surface area contributed by atoms with Crippen molar-refractivity contribution in [3.63, 3.8) is 0 Å². The predicted octanol–water partition coefficient (Wildman–Crippen LogP) is 0.517. The van der Waals surface area contributed by atoms with Crippen molar-refractivity contribution in [1.82, 2.24) is 0 Å². The summed E-state index contributed by atoms with van der Waals surface area (Å²) in [5.74, 6) is 0. The van der Waals surface area contributed by atoms with Crippen LogP contribution in [0.25, 0.3) is 0 Å². The van der Waals surface area contributed by atoms with Crippen LogP contribution >= 0.6 is 0 Å². The number of aliphatic hydroxyl groups is 1. The highest BCUT2D eigenvalue weighted by molar-refractivity contribution is 7.89. The van der Waals surface area contributed by atoms with Crippen LogP contribution in [0.3, 0.4) is 0 Å². The molecule has 1 atom stereocenters. The van der Waals surface area contributed by atoms with Crippen LogP contribution in [0.1, 0.15) is 13.3 Å². The zero-order valence-electron chi connectivity index (χ0n) is 9.05. The molecule has 0 heterocycles. The Balaban J connectivity index is 2.59. The van der Waals surface area contributed by atoms with Gasteiger partial charge >= 0.3 is 0 Å². The molecule has 1 aromatic carbocycles. The molecule has 0 spiro atoms. The maximum atomic E-state index is 11.0. The van der Waals surface area contributed by atoms with Crippen LogP contribution < -0.4 is 10.5 Å². The van der Waals surface area contributed by atoms with Gasteiger partial charge in [0.05, 0.1) is 11.0 Å². The second-order valence-corrected chi connectivity index (χ2v) is 5.20. The van der Waals surface area contributed by atoms with Crippen LogP contribution in [0.2, 0.25) is 0 Å². The number of anilines is 1. The van der Waals surface area contributed by atoms with Gasteiger partial charge in [-0.25, -0.2) is 13.6 Å². The van der Waals surface area contributed by atoms with Crippen LogP contribution in [0, 0.1) is 0 Å². The normalized spacial score (nSPS) is 13.4. The summed E-state index contributed by atoms with van der Waals surface area (Å²) in [6.07, 6.45) is 0.285. The molecule has 0 saturated carbocycles. The highest BCUT2D eigenvalue weighted by Crippen LogP contribution is 2.12. The fourth-order valence-corrected chi connectivity index (χ4v) is 1.70. The summed E-state index contributed by atoms with van der Waals surface area (Å²) >= 11 is 0. The van der Waals surface area contributed by atoms with Crippen LogP contribution in [0.15, 0.2) is 29.2 Å². The highest BCUT2D eigenvalue weighted by Gasteiger charge is 2.06. The van der Waals surface area contributed by atoms with Gasteiger partial charge in [-0.05, 0) is 37.6 Å². The van der Waals surface area contributed by atoms with Gasteiger partial charge in [0.1, 0.15) is 0 Å². The number of sulfonamides is 1. The van der Waals surface area contributed by atoms with Crippen LogP contribution in [0.4, 0.5) is 5.69 Å². The largest absolute Gasteiger partial charge is 0.393 e. The molecule has 5 nitrogen and oxygen atoms in total. The molecule has 6 heteroatoms. The van der Waals surface area contributed by atoms with Crippen LogP contribution in [-0.4, -0.2) is 26.2 Å². The molecule has 1 rings (SSSR count). The van der Waals surface area contributed by atoms with Crippen molar-refractivity contribution in [2.75, 3.05) is 11.9 Å². The number of hydrogen-bond donors (Lipinski definition) is 3. The standard InChI is InChI=1S/C10H16N2O3S/c1-8(13)6-7-12-9-2-4-10(5-3-9)16(11,14)15/h2-5,8,12-13H,6-7H2,1H3,(H2,11,14,15).